The fourth-order valence-electron chi connectivity index (χ4n) is 7.31. The number of amides is 1. The van der Waals surface area contributed by atoms with E-state index in [-0.39, 0.29) is 35.1 Å². The summed E-state index contributed by atoms with van der Waals surface area (Å²) in [5, 5.41) is 20.2. The molecule has 8 atom stereocenters. The molecule has 0 spiro atoms. The molecule has 0 radical (unpaired) electrons. The van der Waals surface area contributed by atoms with Crippen LogP contribution in [0.4, 0.5) is 0 Å². The van der Waals surface area contributed by atoms with Crippen molar-refractivity contribution in [2.45, 2.75) is 64.5 Å². The molecule has 0 aromatic rings. The summed E-state index contributed by atoms with van der Waals surface area (Å²) in [6, 6.07) is 0.256. The first kappa shape index (κ1) is 18.0. The maximum absolute atomic E-state index is 12.1. The maximum atomic E-state index is 12.1. The first-order valence-electron chi connectivity index (χ1n) is 10.0. The van der Waals surface area contributed by atoms with Crippen molar-refractivity contribution >= 4 is 11.9 Å². The van der Waals surface area contributed by atoms with Gasteiger partial charge in [0, 0.05) is 18.5 Å². The fraction of sp³-hybridized carbons (Fsp3) is 0.810. The summed E-state index contributed by atoms with van der Waals surface area (Å²) in [5.74, 6) is 0.562. The summed E-state index contributed by atoms with van der Waals surface area (Å²) < 4.78 is 0. The molecular formula is C21H31NO4. The van der Waals surface area contributed by atoms with Crippen LogP contribution in [0.25, 0.3) is 0 Å². The molecule has 0 saturated heterocycles. The van der Waals surface area contributed by atoms with Crippen LogP contribution in [0, 0.1) is 34.5 Å². The van der Waals surface area contributed by atoms with Crippen molar-refractivity contribution in [1.82, 2.24) is 4.90 Å². The van der Waals surface area contributed by atoms with Crippen LogP contribution in [0.15, 0.2) is 12.2 Å². The zero-order chi connectivity index (χ0) is 18.9. The lowest BCUT2D eigenvalue weighted by Gasteiger charge is -2.60. The highest BCUT2D eigenvalue weighted by Crippen LogP contribution is 2.65. The predicted octanol–water partition coefficient (Wildman–Crippen LogP) is 2.69. The van der Waals surface area contributed by atoms with Crippen molar-refractivity contribution in [2.24, 2.45) is 34.5 Å². The summed E-state index contributed by atoms with van der Waals surface area (Å²) in [6.45, 7) is 4.48. The topological polar surface area (TPSA) is 77.8 Å². The van der Waals surface area contributed by atoms with Gasteiger partial charge in [0.1, 0.15) is 0 Å². The molecular weight excluding hydrogens is 330 g/mol. The molecule has 1 heterocycles. The number of aliphatic hydroxyl groups excluding tert-OH is 1. The number of aliphatic hydroxyl groups is 1. The first-order chi connectivity index (χ1) is 12.2. The number of hydrogen-bond donors (Lipinski definition) is 2. The monoisotopic (exact) mass is 361 g/mol. The van der Waals surface area contributed by atoms with Crippen LogP contribution < -0.4 is 0 Å². The Labute approximate surface area is 155 Å². The highest BCUT2D eigenvalue weighted by Gasteiger charge is 2.62. The number of likely N-dealkylation sites (N-methyl/N-ethyl adjacent to an activating group) is 1. The van der Waals surface area contributed by atoms with E-state index in [2.05, 4.69) is 19.9 Å². The van der Waals surface area contributed by atoms with Gasteiger partial charge in [0.15, 0.2) is 0 Å². The van der Waals surface area contributed by atoms with E-state index in [0.29, 0.717) is 17.8 Å². The Balaban J connectivity index is 1.65. The van der Waals surface area contributed by atoms with Crippen molar-refractivity contribution in [3.8, 4) is 0 Å². The number of aliphatic carboxylic acids is 1. The lowest BCUT2D eigenvalue weighted by atomic mass is 9.48. The number of carboxylic acids is 1. The van der Waals surface area contributed by atoms with Crippen LogP contribution >= 0.6 is 0 Å². The Kier molecular flexibility index (Phi) is 4.03. The van der Waals surface area contributed by atoms with Crippen molar-refractivity contribution in [3.63, 3.8) is 0 Å². The number of hydrogen-bond acceptors (Lipinski definition) is 3. The SMILES string of the molecule is CN1C(=O)C=C[C@@]2(C)C1CC[C@@H]1[C@H]2CC[C@]2(C)C(O)C(CC(=O)O)C[C@@H]12. The van der Waals surface area contributed by atoms with Crippen LogP contribution in [0.2, 0.25) is 0 Å². The van der Waals surface area contributed by atoms with Gasteiger partial charge >= 0.3 is 5.97 Å². The summed E-state index contributed by atoms with van der Waals surface area (Å²) in [6.07, 6.45) is 8.34. The average Bonchev–Trinajstić information content (AvgIpc) is 2.83. The van der Waals surface area contributed by atoms with E-state index in [1.54, 1.807) is 6.08 Å². The number of carbonyl (C=O) groups excluding carboxylic acids is 1. The van der Waals surface area contributed by atoms with E-state index in [1.165, 1.54) is 0 Å². The molecule has 26 heavy (non-hydrogen) atoms. The fourth-order valence-corrected chi connectivity index (χ4v) is 7.31. The van der Waals surface area contributed by atoms with Crippen LogP contribution in [0.3, 0.4) is 0 Å². The Morgan fingerprint density at radius 1 is 1.27 bits per heavy atom. The van der Waals surface area contributed by atoms with Crippen molar-refractivity contribution in [3.05, 3.63) is 12.2 Å². The quantitative estimate of drug-likeness (QED) is 0.793. The minimum absolute atomic E-state index is 0.0112. The van der Waals surface area contributed by atoms with Gasteiger partial charge in [0.05, 0.1) is 12.5 Å². The number of carbonyl (C=O) groups is 2. The molecule has 0 bridgehead atoms. The van der Waals surface area contributed by atoms with Gasteiger partial charge in [-0.05, 0) is 67.3 Å². The largest absolute Gasteiger partial charge is 0.481 e. The molecule has 3 unspecified atom stereocenters. The predicted molar refractivity (Wildman–Crippen MR) is 97.2 cm³/mol. The summed E-state index contributed by atoms with van der Waals surface area (Å²) in [7, 11) is 1.92. The standard InChI is InChI=1S/C21H31NO4/c1-20-9-7-17(23)22(3)16(20)5-4-13-14(20)6-8-21(2)15(13)10-12(19(21)26)11-18(24)25/h7,9,12-16,19,26H,4-6,8,10-11H2,1-3H3,(H,24,25)/t12?,13-,14-,15+,16?,19?,20-,21+/m1/s1. The minimum atomic E-state index is -0.807. The number of nitrogens with zero attached hydrogens (tertiary/aromatic N) is 1. The number of fused-ring (bicyclic) bond motifs is 5. The van der Waals surface area contributed by atoms with Gasteiger partial charge < -0.3 is 15.1 Å². The van der Waals surface area contributed by atoms with E-state index in [4.69, 9.17) is 0 Å². The Hall–Kier alpha value is -1.36. The van der Waals surface area contributed by atoms with Gasteiger partial charge in [-0.3, -0.25) is 9.59 Å². The van der Waals surface area contributed by atoms with Crippen LogP contribution in [0.5, 0.6) is 0 Å². The van der Waals surface area contributed by atoms with Gasteiger partial charge in [0.25, 0.3) is 0 Å². The molecule has 4 rings (SSSR count). The van der Waals surface area contributed by atoms with E-state index in [0.717, 1.165) is 32.1 Å². The Morgan fingerprint density at radius 2 is 2.00 bits per heavy atom. The zero-order valence-corrected chi connectivity index (χ0v) is 16.0. The molecule has 1 aliphatic heterocycles. The highest BCUT2D eigenvalue weighted by molar-refractivity contribution is 5.89. The molecule has 144 valence electrons. The molecule has 3 aliphatic carbocycles. The Morgan fingerprint density at radius 3 is 2.69 bits per heavy atom. The lowest BCUT2D eigenvalue weighted by molar-refractivity contribution is -0.142. The van der Waals surface area contributed by atoms with Crippen molar-refractivity contribution < 1.29 is 19.8 Å². The third-order valence-electron chi connectivity index (χ3n) is 8.68. The van der Waals surface area contributed by atoms with Gasteiger partial charge in [-0.25, -0.2) is 0 Å². The average molecular weight is 361 g/mol. The summed E-state index contributed by atoms with van der Waals surface area (Å²) >= 11 is 0. The van der Waals surface area contributed by atoms with E-state index in [9.17, 15) is 19.8 Å². The second-order valence-electron chi connectivity index (χ2n) is 9.70. The normalized spacial score (nSPS) is 50.2. The van der Waals surface area contributed by atoms with E-state index >= 15 is 0 Å². The van der Waals surface area contributed by atoms with Gasteiger partial charge in [-0.15, -0.1) is 0 Å². The van der Waals surface area contributed by atoms with E-state index in [1.807, 2.05) is 11.9 Å². The van der Waals surface area contributed by atoms with Crippen LogP contribution in [-0.4, -0.2) is 46.2 Å². The molecule has 3 fully saturated rings. The maximum Gasteiger partial charge on any atom is 0.303 e. The van der Waals surface area contributed by atoms with Crippen LogP contribution in [-0.2, 0) is 9.59 Å². The van der Waals surface area contributed by atoms with E-state index < -0.39 is 12.1 Å². The number of rotatable bonds is 2. The second-order valence-corrected chi connectivity index (χ2v) is 9.70. The van der Waals surface area contributed by atoms with Crippen molar-refractivity contribution in [1.29, 1.82) is 0 Å². The second kappa shape index (κ2) is 5.82. The highest BCUT2D eigenvalue weighted by atomic mass is 16.4. The molecule has 1 amide bonds. The smallest absolute Gasteiger partial charge is 0.303 e. The summed E-state index contributed by atoms with van der Waals surface area (Å²) in [5.41, 5.74) is -0.173. The third kappa shape index (κ3) is 2.32. The molecule has 0 aromatic heterocycles. The minimum Gasteiger partial charge on any atom is -0.481 e. The van der Waals surface area contributed by atoms with Gasteiger partial charge in [-0.2, -0.15) is 0 Å². The molecule has 5 heteroatoms. The lowest BCUT2D eigenvalue weighted by Crippen LogP contribution is -2.59. The molecule has 2 N–H and O–H groups in total. The molecule has 4 aliphatic rings. The zero-order valence-electron chi connectivity index (χ0n) is 16.0. The molecule has 3 saturated carbocycles. The Bertz CT molecular complexity index is 660. The number of carboxylic acid groups (broad SMARTS) is 1. The first-order valence-corrected chi connectivity index (χ1v) is 10.0. The molecule has 5 nitrogen and oxygen atoms in total. The van der Waals surface area contributed by atoms with Gasteiger partial charge in [-0.1, -0.05) is 19.9 Å². The molecule has 0 aromatic carbocycles. The third-order valence-corrected chi connectivity index (χ3v) is 8.68. The van der Waals surface area contributed by atoms with Crippen LogP contribution in [0.1, 0.15) is 52.4 Å². The van der Waals surface area contributed by atoms with Crippen molar-refractivity contribution in [2.75, 3.05) is 7.05 Å². The summed E-state index contributed by atoms with van der Waals surface area (Å²) in [4.78, 5) is 25.3. The van der Waals surface area contributed by atoms with Gasteiger partial charge in [0.2, 0.25) is 5.91 Å².